The van der Waals surface area contributed by atoms with Gasteiger partial charge in [-0.1, -0.05) is 30.8 Å². The van der Waals surface area contributed by atoms with E-state index in [4.69, 9.17) is 0 Å². The molecular weight excluding hydrogens is 210 g/mol. The molecule has 0 radical (unpaired) electrons. The molecular formula is C14H13N3. The molecule has 0 atom stereocenters. The van der Waals surface area contributed by atoms with Crippen molar-refractivity contribution in [1.29, 1.82) is 0 Å². The van der Waals surface area contributed by atoms with Crippen LogP contribution < -0.4 is 10.6 Å². The summed E-state index contributed by atoms with van der Waals surface area (Å²) in [5, 5.41) is 7.42. The highest BCUT2D eigenvalue weighted by Gasteiger charge is 2.09. The Balaban J connectivity index is 1.98. The van der Waals surface area contributed by atoms with Gasteiger partial charge >= 0.3 is 0 Å². The monoisotopic (exact) mass is 223 g/mol. The molecule has 0 saturated heterocycles. The van der Waals surface area contributed by atoms with Gasteiger partial charge in [0.1, 0.15) is 0 Å². The molecule has 0 saturated carbocycles. The van der Waals surface area contributed by atoms with Crippen LogP contribution in [-0.4, -0.2) is 4.98 Å². The number of hydrogen-bond donors (Lipinski definition) is 2. The van der Waals surface area contributed by atoms with Gasteiger partial charge in [-0.15, -0.1) is 0 Å². The lowest BCUT2D eigenvalue weighted by molar-refractivity contribution is 0.929. The third-order valence-corrected chi connectivity index (χ3v) is 2.83. The van der Waals surface area contributed by atoms with Crippen LogP contribution in [0.3, 0.4) is 0 Å². The van der Waals surface area contributed by atoms with Crippen LogP contribution in [0, 0.1) is 0 Å². The van der Waals surface area contributed by atoms with Crippen LogP contribution in [0.4, 0.5) is 0 Å². The smallest absolute Gasteiger partial charge is 0.0995 e. The van der Waals surface area contributed by atoms with Gasteiger partial charge in [-0.25, -0.2) is 0 Å². The average molecular weight is 223 g/mol. The molecule has 0 aliphatic carbocycles. The van der Waals surface area contributed by atoms with E-state index in [0.29, 0.717) is 0 Å². The molecule has 0 unspecified atom stereocenters. The third-order valence-electron chi connectivity index (χ3n) is 2.83. The summed E-state index contributed by atoms with van der Waals surface area (Å²) in [5.41, 5.74) is 3.40. The highest BCUT2D eigenvalue weighted by molar-refractivity contribution is 5.81. The molecule has 3 nitrogen and oxygen atoms in total. The van der Waals surface area contributed by atoms with Gasteiger partial charge in [-0.05, 0) is 11.6 Å². The van der Waals surface area contributed by atoms with E-state index in [1.807, 2.05) is 18.5 Å². The largest absolute Gasteiger partial charge is 0.347 e. The number of nitrogens with one attached hydrogen (secondary N) is 2. The maximum absolute atomic E-state index is 4.44. The van der Waals surface area contributed by atoms with Crippen molar-refractivity contribution < 1.29 is 0 Å². The number of para-hydroxylation sites is 1. The Kier molecular flexibility index (Phi) is 2.29. The van der Waals surface area contributed by atoms with Gasteiger partial charge in [-0.3, -0.25) is 4.98 Å². The van der Waals surface area contributed by atoms with Gasteiger partial charge in [0.15, 0.2) is 0 Å². The minimum absolute atomic E-state index is 0.827. The maximum Gasteiger partial charge on any atom is 0.0995 e. The van der Waals surface area contributed by atoms with Crippen LogP contribution in [0.15, 0.2) is 60.8 Å². The lowest BCUT2D eigenvalue weighted by Gasteiger charge is -2.06. The first-order valence-corrected chi connectivity index (χ1v) is 5.57. The van der Waals surface area contributed by atoms with Crippen molar-refractivity contribution in [2.45, 2.75) is 6.42 Å². The molecule has 2 aromatic rings. The summed E-state index contributed by atoms with van der Waals surface area (Å²) in [6.07, 6.45) is 4.62. The van der Waals surface area contributed by atoms with Crippen LogP contribution in [0.25, 0.3) is 10.9 Å². The highest BCUT2D eigenvalue weighted by atomic mass is 15.1. The first kappa shape index (κ1) is 9.90. The van der Waals surface area contributed by atoms with Crippen molar-refractivity contribution in [3.8, 4) is 0 Å². The van der Waals surface area contributed by atoms with Crippen molar-refractivity contribution in [3.63, 3.8) is 0 Å². The van der Waals surface area contributed by atoms with Gasteiger partial charge in [0, 0.05) is 29.9 Å². The molecule has 1 aliphatic heterocycles. The fourth-order valence-corrected chi connectivity index (χ4v) is 2.05. The summed E-state index contributed by atoms with van der Waals surface area (Å²) in [6, 6.07) is 10.3. The second-order valence-corrected chi connectivity index (χ2v) is 4.09. The zero-order valence-electron chi connectivity index (χ0n) is 9.40. The minimum atomic E-state index is 0.827. The van der Waals surface area contributed by atoms with E-state index in [1.54, 1.807) is 0 Å². The predicted molar refractivity (Wildman–Crippen MR) is 68.9 cm³/mol. The molecule has 3 heteroatoms. The van der Waals surface area contributed by atoms with E-state index >= 15 is 0 Å². The van der Waals surface area contributed by atoms with Crippen LogP contribution >= 0.6 is 0 Å². The Labute approximate surface area is 99.9 Å². The topological polar surface area (TPSA) is 37.0 Å². The molecule has 1 aliphatic rings. The lowest BCUT2D eigenvalue weighted by atomic mass is 10.1. The van der Waals surface area contributed by atoms with E-state index < -0.39 is 0 Å². The van der Waals surface area contributed by atoms with Gasteiger partial charge < -0.3 is 10.6 Å². The fourth-order valence-electron chi connectivity index (χ4n) is 2.05. The number of fused-ring (bicyclic) bond motifs is 1. The average Bonchev–Trinajstić information content (AvgIpc) is 2.75. The second-order valence-electron chi connectivity index (χ2n) is 4.09. The van der Waals surface area contributed by atoms with Gasteiger partial charge in [-0.2, -0.15) is 0 Å². The molecule has 17 heavy (non-hydrogen) atoms. The minimum Gasteiger partial charge on any atom is -0.347 e. The van der Waals surface area contributed by atoms with Crippen LogP contribution in [-0.2, 0) is 6.42 Å². The van der Waals surface area contributed by atoms with Crippen LogP contribution in [0.5, 0.6) is 0 Å². The second kappa shape index (κ2) is 3.94. The molecule has 0 amide bonds. The summed E-state index contributed by atoms with van der Waals surface area (Å²) in [6.45, 7) is 3.82. The van der Waals surface area contributed by atoms with Gasteiger partial charge in [0.25, 0.3) is 0 Å². The molecule has 1 aromatic carbocycles. The van der Waals surface area contributed by atoms with E-state index in [-0.39, 0.29) is 0 Å². The van der Waals surface area contributed by atoms with E-state index in [1.165, 1.54) is 10.9 Å². The number of benzene rings is 1. The maximum atomic E-state index is 4.44. The van der Waals surface area contributed by atoms with Crippen molar-refractivity contribution >= 4 is 10.9 Å². The summed E-state index contributed by atoms with van der Waals surface area (Å²) in [7, 11) is 0. The Morgan fingerprint density at radius 2 is 2.06 bits per heavy atom. The molecule has 3 rings (SSSR count). The van der Waals surface area contributed by atoms with Crippen LogP contribution in [0.1, 0.15) is 5.56 Å². The number of hydrogen-bond acceptors (Lipinski definition) is 3. The van der Waals surface area contributed by atoms with E-state index in [9.17, 15) is 0 Å². The first-order chi connectivity index (χ1) is 8.33. The Hall–Kier alpha value is -2.29. The molecule has 0 bridgehead atoms. The fraction of sp³-hybridized carbons (Fsp3) is 0.0714. The zero-order valence-corrected chi connectivity index (χ0v) is 9.40. The van der Waals surface area contributed by atoms with E-state index in [0.717, 1.165) is 23.5 Å². The number of rotatable bonds is 2. The standard InChI is InChI=1S/C14H13N3/c1-10-16-9-13(17-10)8-12-5-2-4-11-6-3-7-15-14(11)12/h2-7,9,16-17H,1,8H2. The zero-order chi connectivity index (χ0) is 11.7. The normalized spacial score (nSPS) is 14.4. The predicted octanol–water partition coefficient (Wildman–Crippen LogP) is 2.28. The Bertz CT molecular complexity index is 608. The van der Waals surface area contributed by atoms with Gasteiger partial charge in [0.05, 0.1) is 11.3 Å². The van der Waals surface area contributed by atoms with E-state index in [2.05, 4.69) is 46.5 Å². The summed E-state index contributed by atoms with van der Waals surface area (Å²) < 4.78 is 0. The van der Waals surface area contributed by atoms with Crippen molar-refractivity contribution in [2.75, 3.05) is 0 Å². The number of allylic oxidation sites excluding steroid dienone is 1. The first-order valence-electron chi connectivity index (χ1n) is 5.57. The SMILES string of the molecule is C=C1NC=C(Cc2cccc3cccnc23)N1. The lowest BCUT2D eigenvalue weighted by Crippen LogP contribution is -2.11. The summed E-state index contributed by atoms with van der Waals surface area (Å²) in [5.74, 6) is 0.827. The van der Waals surface area contributed by atoms with Crippen molar-refractivity contribution in [2.24, 2.45) is 0 Å². The quantitative estimate of drug-likeness (QED) is 0.820. The summed E-state index contributed by atoms with van der Waals surface area (Å²) in [4.78, 5) is 4.44. The molecule has 84 valence electrons. The molecule has 0 spiro atoms. The number of pyridine rings is 1. The van der Waals surface area contributed by atoms with Crippen molar-refractivity contribution in [3.05, 3.63) is 66.4 Å². The molecule has 2 heterocycles. The molecule has 2 N–H and O–H groups in total. The number of nitrogens with zero attached hydrogens (tertiary/aromatic N) is 1. The molecule has 0 fully saturated rings. The van der Waals surface area contributed by atoms with Crippen molar-refractivity contribution in [1.82, 2.24) is 15.6 Å². The third kappa shape index (κ3) is 1.87. The molecule has 1 aromatic heterocycles. The Morgan fingerprint density at radius 1 is 1.18 bits per heavy atom. The van der Waals surface area contributed by atoms with Crippen LogP contribution in [0.2, 0.25) is 0 Å². The Morgan fingerprint density at radius 3 is 2.88 bits per heavy atom. The van der Waals surface area contributed by atoms with Gasteiger partial charge in [0.2, 0.25) is 0 Å². The number of aromatic nitrogens is 1. The summed E-state index contributed by atoms with van der Waals surface area (Å²) >= 11 is 0. The highest BCUT2D eigenvalue weighted by Crippen LogP contribution is 2.19.